The van der Waals surface area contributed by atoms with Crippen LogP contribution in [0.2, 0.25) is 0 Å². The van der Waals surface area contributed by atoms with Crippen LogP contribution in [0.5, 0.6) is 0 Å². The van der Waals surface area contributed by atoms with Crippen LogP contribution in [0.4, 0.5) is 22.7 Å². The van der Waals surface area contributed by atoms with Crippen LogP contribution in [0.25, 0.3) is 0 Å². The van der Waals surface area contributed by atoms with Crippen LogP contribution < -0.4 is 11.1 Å². The van der Waals surface area contributed by atoms with E-state index in [-0.39, 0.29) is 0 Å². The van der Waals surface area contributed by atoms with Crippen LogP contribution in [0, 0.1) is 0 Å². The second kappa shape index (κ2) is 8.85. The van der Waals surface area contributed by atoms with E-state index in [4.69, 9.17) is 5.73 Å². The predicted molar refractivity (Wildman–Crippen MR) is 100 cm³/mol. The van der Waals surface area contributed by atoms with E-state index in [9.17, 15) is 0 Å². The third-order valence-electron chi connectivity index (χ3n) is 2.84. The van der Waals surface area contributed by atoms with E-state index in [1.165, 1.54) is 0 Å². The molecule has 0 aromatic heterocycles. The number of azo groups is 1. The highest BCUT2D eigenvalue weighted by molar-refractivity contribution is 8.02. The molecule has 0 aliphatic heterocycles. The van der Waals surface area contributed by atoms with Gasteiger partial charge in [0.15, 0.2) is 0 Å². The maximum atomic E-state index is 5.67. The molecule has 0 aliphatic rings. The second-order valence-corrected chi connectivity index (χ2v) is 5.94. The van der Waals surface area contributed by atoms with Gasteiger partial charge in [-0.25, -0.2) is 0 Å². The summed E-state index contributed by atoms with van der Waals surface area (Å²) in [4.78, 5) is 1.98. The highest BCUT2D eigenvalue weighted by Gasteiger charge is 1.95. The molecule has 0 spiro atoms. The third-order valence-corrected chi connectivity index (χ3v) is 3.42. The third kappa shape index (κ3) is 6.44. The lowest BCUT2D eigenvalue weighted by Gasteiger charge is -2.06. The van der Waals surface area contributed by atoms with Crippen molar-refractivity contribution in [1.29, 1.82) is 0 Å². The van der Waals surface area contributed by atoms with Gasteiger partial charge < -0.3 is 16.0 Å². The smallest absolute Gasteiger partial charge is 0.110 e. The highest BCUT2D eigenvalue weighted by Crippen LogP contribution is 2.21. The number of benzene rings is 2. The van der Waals surface area contributed by atoms with E-state index in [1.807, 2.05) is 79.1 Å². The molecule has 0 saturated carbocycles. The number of nitrogens with one attached hydrogen (secondary N) is 1. The molecule has 0 amide bonds. The fourth-order valence-electron chi connectivity index (χ4n) is 1.70. The van der Waals surface area contributed by atoms with Crippen molar-refractivity contribution in [2.75, 3.05) is 31.0 Å². The average molecular weight is 327 g/mol. The van der Waals surface area contributed by atoms with Crippen molar-refractivity contribution in [3.63, 3.8) is 0 Å². The van der Waals surface area contributed by atoms with Gasteiger partial charge in [-0.05, 0) is 53.9 Å². The fraction of sp³-hybridized carbons (Fsp3) is 0.176. The number of nitrogens with zero attached hydrogens (tertiary/aromatic N) is 3. The first-order chi connectivity index (χ1) is 11.1. The maximum absolute atomic E-state index is 5.67. The summed E-state index contributed by atoms with van der Waals surface area (Å²) in [6, 6.07) is 15.4. The minimum absolute atomic E-state index is 0.607. The minimum Gasteiger partial charge on any atom is -0.399 e. The topological polar surface area (TPSA) is 66.0 Å². The summed E-state index contributed by atoms with van der Waals surface area (Å²) < 4.78 is 0. The maximum Gasteiger partial charge on any atom is 0.110 e. The Kier molecular flexibility index (Phi) is 6.50. The monoisotopic (exact) mass is 327 g/mol. The molecule has 3 N–H and O–H groups in total. The summed E-state index contributed by atoms with van der Waals surface area (Å²) in [5.74, 6) is 0.607. The SMILES string of the molecule is CN(C)/C=C\SCN=Nc1ccc(Nc2ccc(N)cc2)cc1. The van der Waals surface area contributed by atoms with Crippen LogP contribution in [0.15, 0.2) is 70.4 Å². The van der Waals surface area contributed by atoms with E-state index in [0.717, 1.165) is 22.7 Å². The molecular weight excluding hydrogens is 306 g/mol. The van der Waals surface area contributed by atoms with Crippen LogP contribution in [0.3, 0.4) is 0 Å². The minimum atomic E-state index is 0.607. The molecule has 0 saturated heterocycles. The molecule has 2 aromatic carbocycles. The first-order valence-electron chi connectivity index (χ1n) is 7.18. The lowest BCUT2D eigenvalue weighted by atomic mass is 10.2. The Balaban J connectivity index is 1.83. The molecule has 2 aromatic rings. The van der Waals surface area contributed by atoms with E-state index in [2.05, 4.69) is 15.5 Å². The predicted octanol–water partition coefficient (Wildman–Crippen LogP) is 4.82. The molecule has 0 heterocycles. The number of hydrogen-bond acceptors (Lipinski definition) is 6. The van der Waals surface area contributed by atoms with Crippen molar-refractivity contribution in [2.45, 2.75) is 0 Å². The molecule has 6 heteroatoms. The summed E-state index contributed by atoms with van der Waals surface area (Å²) in [5, 5.41) is 13.6. The summed E-state index contributed by atoms with van der Waals surface area (Å²) >= 11 is 1.60. The summed E-state index contributed by atoms with van der Waals surface area (Å²) in [7, 11) is 3.97. The molecule has 0 radical (unpaired) electrons. The zero-order chi connectivity index (χ0) is 16.5. The van der Waals surface area contributed by atoms with Crippen LogP contribution >= 0.6 is 11.8 Å². The van der Waals surface area contributed by atoms with Gasteiger partial charge in [0.2, 0.25) is 0 Å². The van der Waals surface area contributed by atoms with Gasteiger partial charge in [-0.2, -0.15) is 10.2 Å². The van der Waals surface area contributed by atoms with Gasteiger partial charge in [-0.1, -0.05) is 0 Å². The lowest BCUT2D eigenvalue weighted by molar-refractivity contribution is 0.565. The summed E-state index contributed by atoms with van der Waals surface area (Å²) in [5.41, 5.74) is 9.26. The van der Waals surface area contributed by atoms with Crippen molar-refractivity contribution >= 4 is 34.5 Å². The summed E-state index contributed by atoms with van der Waals surface area (Å²) in [6.45, 7) is 0. The van der Waals surface area contributed by atoms with E-state index >= 15 is 0 Å². The number of nitrogen functional groups attached to an aromatic ring is 1. The zero-order valence-electron chi connectivity index (χ0n) is 13.3. The number of hydrogen-bond donors (Lipinski definition) is 2. The summed E-state index contributed by atoms with van der Waals surface area (Å²) in [6.07, 6.45) is 1.98. The Morgan fingerprint density at radius 2 is 1.65 bits per heavy atom. The average Bonchev–Trinajstić information content (AvgIpc) is 2.54. The molecule has 0 unspecified atom stereocenters. The molecule has 2 rings (SSSR count). The molecular formula is C17H21N5S. The standard InChI is InChI=1S/C17H21N5S/c1-22(2)11-12-23-13-19-21-17-9-7-16(8-10-17)20-15-5-3-14(18)4-6-15/h3-12,20H,13,18H2,1-2H3/b12-11-,21-19?. The van der Waals surface area contributed by atoms with E-state index < -0.39 is 0 Å². The van der Waals surface area contributed by atoms with Gasteiger partial charge >= 0.3 is 0 Å². The first-order valence-corrected chi connectivity index (χ1v) is 8.23. The van der Waals surface area contributed by atoms with E-state index in [0.29, 0.717) is 5.88 Å². The van der Waals surface area contributed by atoms with Crippen molar-refractivity contribution in [2.24, 2.45) is 10.2 Å². The van der Waals surface area contributed by atoms with Crippen molar-refractivity contribution in [3.8, 4) is 0 Å². The Morgan fingerprint density at radius 3 is 2.26 bits per heavy atom. The quantitative estimate of drug-likeness (QED) is 0.435. The molecule has 0 atom stereocenters. The van der Waals surface area contributed by atoms with Gasteiger partial charge in [0.25, 0.3) is 0 Å². The van der Waals surface area contributed by atoms with Crippen molar-refractivity contribution < 1.29 is 0 Å². The number of thioether (sulfide) groups is 1. The van der Waals surface area contributed by atoms with Gasteiger partial charge in [0.1, 0.15) is 5.88 Å². The number of rotatable bonds is 7. The molecule has 0 fully saturated rings. The normalized spacial score (nSPS) is 11.2. The molecule has 0 bridgehead atoms. The number of anilines is 3. The largest absolute Gasteiger partial charge is 0.399 e. The first kappa shape index (κ1) is 16.9. The Labute approximate surface area is 141 Å². The Hall–Kier alpha value is -2.47. The van der Waals surface area contributed by atoms with Crippen LogP contribution in [0.1, 0.15) is 0 Å². The second-order valence-electron chi connectivity index (χ2n) is 5.08. The van der Waals surface area contributed by atoms with Crippen molar-refractivity contribution in [1.82, 2.24) is 4.90 Å². The van der Waals surface area contributed by atoms with Gasteiger partial charge in [0.05, 0.1) is 5.69 Å². The molecule has 5 nitrogen and oxygen atoms in total. The fourth-order valence-corrected chi connectivity index (χ4v) is 2.24. The molecule has 0 aliphatic carbocycles. The Morgan fingerprint density at radius 1 is 1.04 bits per heavy atom. The molecule has 120 valence electrons. The van der Waals surface area contributed by atoms with Crippen LogP contribution in [-0.2, 0) is 0 Å². The number of nitrogens with two attached hydrogens (primary N) is 1. The van der Waals surface area contributed by atoms with E-state index in [1.54, 1.807) is 11.8 Å². The van der Waals surface area contributed by atoms with Gasteiger partial charge in [-0.15, -0.1) is 11.8 Å². The highest BCUT2D eigenvalue weighted by atomic mass is 32.2. The van der Waals surface area contributed by atoms with Gasteiger partial charge in [-0.3, -0.25) is 0 Å². The van der Waals surface area contributed by atoms with Gasteiger partial charge in [0, 0.05) is 37.4 Å². The Bertz CT molecular complexity index is 648. The van der Waals surface area contributed by atoms with Crippen molar-refractivity contribution in [3.05, 3.63) is 60.1 Å². The van der Waals surface area contributed by atoms with Crippen LogP contribution in [-0.4, -0.2) is 24.9 Å². The zero-order valence-corrected chi connectivity index (χ0v) is 14.1. The lowest BCUT2D eigenvalue weighted by Crippen LogP contribution is -1.99. The molecule has 23 heavy (non-hydrogen) atoms.